The van der Waals surface area contributed by atoms with E-state index in [0.717, 1.165) is 38.2 Å². The van der Waals surface area contributed by atoms with Crippen molar-refractivity contribution in [2.75, 3.05) is 22.9 Å². The fourth-order valence-electron chi connectivity index (χ4n) is 7.67. The Morgan fingerprint density at radius 2 is 1.64 bits per heavy atom. The van der Waals surface area contributed by atoms with E-state index in [1.807, 2.05) is 43.3 Å². The van der Waals surface area contributed by atoms with E-state index in [1.165, 1.54) is 17.0 Å². The molecule has 1 fully saturated rings. The highest BCUT2D eigenvalue weighted by atomic mass is 32.1. The number of aliphatic hydroxyl groups is 1. The monoisotopic (exact) mass is 960 g/mol. The minimum Gasteiger partial charge on any atom is -0.391 e. The molecule has 14 nitrogen and oxygen atoms in total. The molecule has 5 rings (SSSR count). The Kier molecular flexibility index (Phi) is 17.4. The van der Waals surface area contributed by atoms with Gasteiger partial charge in [-0.3, -0.25) is 28.9 Å². The second kappa shape index (κ2) is 22.5. The Morgan fingerprint density at radius 1 is 0.985 bits per heavy atom. The highest BCUT2D eigenvalue weighted by Crippen LogP contribution is 2.35. The van der Waals surface area contributed by atoms with E-state index >= 15 is 0 Å². The minimum absolute atomic E-state index is 0.0193. The number of halogens is 3. The van der Waals surface area contributed by atoms with Crippen LogP contribution in [0, 0.1) is 23.7 Å². The lowest BCUT2D eigenvalue weighted by Gasteiger charge is -2.35. The van der Waals surface area contributed by atoms with E-state index in [-0.39, 0.29) is 61.6 Å². The zero-order chi connectivity index (χ0) is 49.2. The van der Waals surface area contributed by atoms with Gasteiger partial charge < -0.3 is 30.9 Å². The van der Waals surface area contributed by atoms with Gasteiger partial charge >= 0.3 is 6.18 Å². The second-order valence-corrected chi connectivity index (χ2v) is 18.8. The number of nitrogens with zero attached hydrogens (tertiary/aromatic N) is 5. The number of nitrogens with one attached hydrogen (secondary N) is 3. The normalized spacial score (nSPS) is 15.3. The fourth-order valence-corrected chi connectivity index (χ4v) is 8.95. The average molecular weight is 961 g/mol. The Bertz CT molecular complexity index is 2470. The maximum Gasteiger partial charge on any atom is 0.417 e. The number of aryl methyl sites for hydroxylation is 2. The van der Waals surface area contributed by atoms with E-state index < -0.39 is 58.6 Å². The topological polar surface area (TPSA) is 188 Å². The van der Waals surface area contributed by atoms with Crippen LogP contribution in [0.3, 0.4) is 0 Å². The molecule has 67 heavy (non-hydrogen) atoms. The molecular formula is C48H55F3N8O6S2. The molecule has 1 aliphatic heterocycles. The molecule has 1 saturated heterocycles. The molecule has 5 amide bonds. The van der Waals surface area contributed by atoms with E-state index in [9.17, 15) is 47.5 Å². The molecule has 1 aromatic heterocycles. The third-order valence-electron chi connectivity index (χ3n) is 11.2. The van der Waals surface area contributed by atoms with Crippen molar-refractivity contribution < 1.29 is 42.3 Å². The van der Waals surface area contributed by atoms with Gasteiger partial charge in [-0.2, -0.15) is 18.4 Å². The van der Waals surface area contributed by atoms with Crippen molar-refractivity contribution in [2.45, 2.75) is 111 Å². The molecule has 356 valence electrons. The van der Waals surface area contributed by atoms with Gasteiger partial charge in [0.2, 0.25) is 30.0 Å². The van der Waals surface area contributed by atoms with Gasteiger partial charge in [0.05, 0.1) is 45.1 Å². The van der Waals surface area contributed by atoms with Gasteiger partial charge in [-0.1, -0.05) is 57.2 Å². The number of β-amino-alcohol motifs (C(OH)–C–C–N with tert-alkyl or cyclic N) is 1. The third-order valence-corrected chi connectivity index (χ3v) is 12.6. The van der Waals surface area contributed by atoms with Gasteiger partial charge in [-0.15, -0.1) is 11.3 Å². The lowest BCUT2D eigenvalue weighted by Crippen LogP contribution is -2.57. The van der Waals surface area contributed by atoms with Gasteiger partial charge in [-0.25, -0.2) is 4.98 Å². The predicted molar refractivity (Wildman–Crippen MR) is 254 cm³/mol. The van der Waals surface area contributed by atoms with Crippen molar-refractivity contribution in [1.82, 2.24) is 25.8 Å². The number of amides is 5. The van der Waals surface area contributed by atoms with Crippen LogP contribution in [0.4, 0.5) is 24.5 Å². The van der Waals surface area contributed by atoms with Crippen LogP contribution in [0.2, 0.25) is 0 Å². The summed E-state index contributed by atoms with van der Waals surface area (Å²) in [5, 5.41) is 28.1. The highest BCUT2D eigenvalue weighted by molar-refractivity contribution is 7.80. The van der Waals surface area contributed by atoms with Gasteiger partial charge in [-0.05, 0) is 98.3 Å². The quantitative estimate of drug-likeness (QED) is 0.0647. The number of thiazole rings is 1. The summed E-state index contributed by atoms with van der Waals surface area (Å²) in [7, 11) is 0. The number of aromatic nitrogens is 1. The average Bonchev–Trinajstić information content (AvgIpc) is 3.89. The Morgan fingerprint density at radius 3 is 2.22 bits per heavy atom. The first-order valence-electron chi connectivity index (χ1n) is 21.7. The van der Waals surface area contributed by atoms with Crippen molar-refractivity contribution >= 4 is 70.1 Å². The smallest absolute Gasteiger partial charge is 0.391 e. The predicted octanol–water partition coefficient (Wildman–Crippen LogP) is 6.81. The first-order valence-corrected chi connectivity index (χ1v) is 23.0. The summed E-state index contributed by atoms with van der Waals surface area (Å²) in [5.74, 6) is -1.66. The lowest BCUT2D eigenvalue weighted by atomic mass is 9.85. The molecule has 4 aromatic rings. The zero-order valence-electron chi connectivity index (χ0n) is 38.1. The molecule has 4 N–H and O–H groups in total. The van der Waals surface area contributed by atoms with Gasteiger partial charge in [0, 0.05) is 50.6 Å². The molecule has 2 heterocycles. The SMILES string of the molecule is Cc1ncsc1-c1ccc(CNC(=O)[C@@H]2C[C@@H](O)CN2C(=O)[C@@H](NC(=O)CCNC(=O)CCCc2ccc(N(C(=S)N(C=O)c3ccc(C#N)c(C(F)(F)F)c3)C(C)C)cc2)C(C)(C)C)cc1. The molecule has 19 heteroatoms. The summed E-state index contributed by atoms with van der Waals surface area (Å²) in [6.45, 7) is 11.1. The minimum atomic E-state index is -4.82. The van der Waals surface area contributed by atoms with E-state index in [2.05, 4.69) is 20.9 Å². The molecule has 0 spiro atoms. The van der Waals surface area contributed by atoms with Crippen molar-refractivity contribution in [3.63, 3.8) is 0 Å². The maximum absolute atomic E-state index is 14.0. The van der Waals surface area contributed by atoms with Gasteiger partial charge in [0.25, 0.3) is 0 Å². The number of benzene rings is 3. The van der Waals surface area contributed by atoms with E-state index in [1.54, 1.807) is 68.5 Å². The Balaban J connectivity index is 1.09. The molecule has 3 aromatic carbocycles. The van der Waals surface area contributed by atoms with E-state index in [4.69, 9.17) is 12.2 Å². The van der Waals surface area contributed by atoms with Gasteiger partial charge in [0.1, 0.15) is 12.1 Å². The van der Waals surface area contributed by atoms with Crippen LogP contribution in [0.5, 0.6) is 0 Å². The summed E-state index contributed by atoms with van der Waals surface area (Å²) in [6.07, 6.45) is -4.32. The lowest BCUT2D eigenvalue weighted by molar-refractivity contribution is -0.144. The number of aliphatic hydroxyl groups excluding tert-OH is 1. The molecule has 0 bridgehead atoms. The van der Waals surface area contributed by atoms with Crippen LogP contribution in [-0.2, 0) is 43.1 Å². The number of hydrogen-bond acceptors (Lipinski definition) is 10. The number of likely N-dealkylation sites (tertiary alicyclic amines) is 1. The molecule has 0 saturated carbocycles. The van der Waals surface area contributed by atoms with E-state index in [0.29, 0.717) is 31.0 Å². The number of anilines is 2. The number of rotatable bonds is 17. The number of thiocarbonyl (C=S) groups is 1. The van der Waals surface area contributed by atoms with Crippen LogP contribution in [0.25, 0.3) is 10.4 Å². The highest BCUT2D eigenvalue weighted by Gasteiger charge is 2.44. The summed E-state index contributed by atoms with van der Waals surface area (Å²) in [4.78, 5) is 74.8. The number of carbonyl (C=O) groups is 5. The van der Waals surface area contributed by atoms with Crippen molar-refractivity contribution in [2.24, 2.45) is 5.41 Å². The first kappa shape index (κ1) is 51.7. The molecule has 1 aliphatic rings. The van der Waals surface area contributed by atoms with Crippen LogP contribution in [-0.4, -0.2) is 87.5 Å². The molecule has 3 atom stereocenters. The summed E-state index contributed by atoms with van der Waals surface area (Å²) in [6, 6.07) is 17.1. The van der Waals surface area contributed by atoms with Crippen molar-refractivity contribution in [1.29, 1.82) is 5.26 Å². The fraction of sp³-hybridized carbons (Fsp3) is 0.417. The molecule has 0 radical (unpaired) electrons. The number of carbonyl (C=O) groups excluding carboxylic acids is 5. The largest absolute Gasteiger partial charge is 0.417 e. The molecule has 0 unspecified atom stereocenters. The third kappa shape index (κ3) is 13.5. The summed E-state index contributed by atoms with van der Waals surface area (Å²) >= 11 is 7.15. The van der Waals surface area contributed by atoms with Crippen molar-refractivity contribution in [3.05, 3.63) is 100 Å². The first-order chi connectivity index (χ1) is 31.6. The standard InChI is InChI=1S/C48H55F3N8O6S2/c1-29(2)59(46(66)58(28-60)36-19-16-34(24-52)38(22-36)48(49,50)51)35-17-12-31(13-18-35)8-7-9-40(62)53-21-20-41(63)56-43(47(4,5)6)45(65)57-26-37(61)23-39(57)44(64)54-25-32-10-14-33(15-11-32)42-30(3)55-27-67-42/h10-19,22,27-29,37,39,43,61H,7-9,20-21,23,25-26H2,1-6H3,(H,53,62)(H,54,64)(H,56,63)/t37-,39+,43-/m1/s1. The Hall–Kier alpha value is -6.23. The molecular weight excluding hydrogens is 906 g/mol. The van der Waals surface area contributed by atoms with Crippen molar-refractivity contribution in [3.8, 4) is 16.5 Å². The van der Waals surface area contributed by atoms with Gasteiger partial charge in [0.15, 0.2) is 5.11 Å². The second-order valence-electron chi connectivity index (χ2n) is 17.6. The number of hydrogen-bond donors (Lipinski definition) is 4. The van der Waals surface area contributed by atoms with Crippen LogP contribution < -0.4 is 25.8 Å². The summed E-state index contributed by atoms with van der Waals surface area (Å²) in [5.41, 5.74) is 3.40. The zero-order valence-corrected chi connectivity index (χ0v) is 39.8. The Labute approximate surface area is 397 Å². The number of alkyl halides is 3. The molecule has 0 aliphatic carbocycles. The summed E-state index contributed by atoms with van der Waals surface area (Å²) < 4.78 is 41.0. The number of nitriles is 1. The van der Waals surface area contributed by atoms with Crippen LogP contribution in [0.1, 0.15) is 88.2 Å². The van der Waals surface area contributed by atoms with Crippen LogP contribution in [0.15, 0.2) is 72.2 Å². The van der Waals surface area contributed by atoms with Crippen LogP contribution >= 0.6 is 23.6 Å². The maximum atomic E-state index is 14.0.